The van der Waals surface area contributed by atoms with Gasteiger partial charge in [-0.25, -0.2) is 0 Å². The van der Waals surface area contributed by atoms with Gasteiger partial charge < -0.3 is 19.5 Å². The fraction of sp³-hybridized carbons (Fsp3) is 0.290. The number of ketones is 1. The van der Waals surface area contributed by atoms with E-state index in [4.69, 9.17) is 21.1 Å². The van der Waals surface area contributed by atoms with Crippen molar-refractivity contribution in [1.29, 1.82) is 0 Å². The summed E-state index contributed by atoms with van der Waals surface area (Å²) in [7, 11) is 1.44. The average Bonchev–Trinajstić information content (AvgIpc) is 3.08. The van der Waals surface area contributed by atoms with Gasteiger partial charge >= 0.3 is 0 Å². The van der Waals surface area contributed by atoms with Crippen LogP contribution in [0, 0.1) is 13.8 Å². The molecule has 1 unspecified atom stereocenters. The summed E-state index contributed by atoms with van der Waals surface area (Å²) in [6.07, 6.45) is 0. The lowest BCUT2D eigenvalue weighted by Gasteiger charge is -2.28. The van der Waals surface area contributed by atoms with Gasteiger partial charge in [-0.3, -0.25) is 9.59 Å². The van der Waals surface area contributed by atoms with Crippen molar-refractivity contribution in [2.45, 2.75) is 52.8 Å². The molecule has 0 spiro atoms. The number of ether oxygens (including phenoxy) is 2. The van der Waals surface area contributed by atoms with Crippen LogP contribution in [0.25, 0.3) is 5.76 Å². The topological polar surface area (TPSA) is 76.1 Å². The Labute approximate surface area is 228 Å². The number of nitrogens with zero attached hydrogens (tertiary/aromatic N) is 1. The number of likely N-dealkylation sites (tertiary alicyclic amines) is 1. The van der Waals surface area contributed by atoms with Gasteiger partial charge in [0.2, 0.25) is 0 Å². The first kappa shape index (κ1) is 27.3. The summed E-state index contributed by atoms with van der Waals surface area (Å²) in [5, 5.41) is 11.9. The summed E-state index contributed by atoms with van der Waals surface area (Å²) in [4.78, 5) is 28.6. The first-order valence-electron chi connectivity index (χ1n) is 12.4. The Bertz CT molecular complexity index is 1440. The normalized spacial score (nSPS) is 17.1. The van der Waals surface area contributed by atoms with Crippen LogP contribution in [0.1, 0.15) is 54.6 Å². The van der Waals surface area contributed by atoms with Crippen LogP contribution in [-0.4, -0.2) is 34.4 Å². The Hall–Kier alpha value is -3.77. The van der Waals surface area contributed by atoms with Crippen molar-refractivity contribution in [3.8, 4) is 11.5 Å². The van der Waals surface area contributed by atoms with Gasteiger partial charge in [0.1, 0.15) is 22.9 Å². The fourth-order valence-electron chi connectivity index (χ4n) is 4.73. The van der Waals surface area contributed by atoms with Gasteiger partial charge in [-0.2, -0.15) is 0 Å². The highest BCUT2D eigenvalue weighted by Crippen LogP contribution is 2.44. The molecule has 0 bridgehead atoms. The molecule has 3 aromatic rings. The minimum atomic E-state index is -0.832. The number of carbonyl (C=O) groups excluding carboxylic acids is 2. The van der Waals surface area contributed by atoms with E-state index in [2.05, 4.69) is 0 Å². The van der Waals surface area contributed by atoms with Gasteiger partial charge in [0.05, 0.1) is 35.9 Å². The number of para-hydroxylation sites is 1. The molecule has 1 fully saturated rings. The highest BCUT2D eigenvalue weighted by atomic mass is 35.5. The molecule has 0 aromatic heterocycles. The predicted molar refractivity (Wildman–Crippen MR) is 149 cm³/mol. The fourth-order valence-corrected chi connectivity index (χ4v) is 5.09. The number of Topliss-reactive ketones (excluding diaryl/α,β-unsaturated/α-hetero) is 1. The molecule has 7 heteroatoms. The third-order valence-corrected chi connectivity index (χ3v) is 6.56. The van der Waals surface area contributed by atoms with Gasteiger partial charge in [0.25, 0.3) is 11.7 Å². The summed E-state index contributed by atoms with van der Waals surface area (Å²) in [5.74, 6) is -0.965. The number of carbonyl (C=O) groups is 2. The van der Waals surface area contributed by atoms with E-state index in [1.807, 2.05) is 83.1 Å². The minimum Gasteiger partial charge on any atom is -0.507 e. The van der Waals surface area contributed by atoms with Crippen LogP contribution in [0.15, 0.2) is 66.2 Å². The Kier molecular flexibility index (Phi) is 7.56. The number of rotatable bonds is 6. The quantitative estimate of drug-likeness (QED) is 0.215. The molecule has 1 aliphatic rings. The van der Waals surface area contributed by atoms with E-state index < -0.39 is 23.3 Å². The van der Waals surface area contributed by atoms with Gasteiger partial charge in [0, 0.05) is 5.56 Å². The van der Waals surface area contributed by atoms with Crippen molar-refractivity contribution in [2.24, 2.45) is 0 Å². The molecule has 0 aliphatic carbocycles. The summed E-state index contributed by atoms with van der Waals surface area (Å²) in [6.45, 7) is 9.71. The number of amides is 1. The number of halogens is 1. The maximum atomic E-state index is 13.6. The van der Waals surface area contributed by atoms with Crippen LogP contribution in [-0.2, 0) is 16.1 Å². The standard InChI is InChI=1S/C31H32ClNO5/c1-18-10-9-12-20(14-18)26-25(27(34)22-15-19(2)16-23(32)29(22)37-6)28(35)30(36)33(26)17-21-11-7-8-13-24(21)38-31(3,4)5/h7-16,26,34H,17H2,1-6H3/b27-25+. The van der Waals surface area contributed by atoms with Crippen molar-refractivity contribution in [2.75, 3.05) is 7.11 Å². The Morgan fingerprint density at radius 1 is 1.00 bits per heavy atom. The van der Waals surface area contributed by atoms with Crippen molar-refractivity contribution in [3.63, 3.8) is 0 Å². The van der Waals surface area contributed by atoms with Crippen LogP contribution >= 0.6 is 11.6 Å². The number of methoxy groups -OCH3 is 1. The highest BCUT2D eigenvalue weighted by molar-refractivity contribution is 6.46. The number of aliphatic hydroxyl groups excluding tert-OH is 1. The zero-order chi connectivity index (χ0) is 27.8. The maximum absolute atomic E-state index is 13.6. The average molecular weight is 534 g/mol. The zero-order valence-corrected chi connectivity index (χ0v) is 23.2. The molecule has 1 heterocycles. The van der Waals surface area contributed by atoms with Crippen LogP contribution in [0.4, 0.5) is 0 Å². The molecule has 1 amide bonds. The van der Waals surface area contributed by atoms with Gasteiger partial charge in [-0.15, -0.1) is 0 Å². The molecule has 3 aromatic carbocycles. The van der Waals surface area contributed by atoms with Crippen molar-refractivity contribution in [1.82, 2.24) is 4.90 Å². The molecule has 1 saturated heterocycles. The lowest BCUT2D eigenvalue weighted by Crippen LogP contribution is -2.30. The molecular weight excluding hydrogens is 502 g/mol. The SMILES string of the molecule is COc1c(Cl)cc(C)cc1/C(O)=C1\C(=O)C(=O)N(Cc2ccccc2OC(C)(C)C)C1c1cccc(C)c1. The lowest BCUT2D eigenvalue weighted by molar-refractivity contribution is -0.140. The lowest BCUT2D eigenvalue weighted by atomic mass is 9.93. The second kappa shape index (κ2) is 10.5. The Morgan fingerprint density at radius 3 is 2.37 bits per heavy atom. The highest BCUT2D eigenvalue weighted by Gasteiger charge is 2.46. The second-order valence-electron chi connectivity index (χ2n) is 10.5. The summed E-state index contributed by atoms with van der Waals surface area (Å²) >= 11 is 6.40. The third-order valence-electron chi connectivity index (χ3n) is 6.27. The number of hydrogen-bond acceptors (Lipinski definition) is 5. The molecule has 0 radical (unpaired) electrons. The number of hydrogen-bond donors (Lipinski definition) is 1. The summed E-state index contributed by atoms with van der Waals surface area (Å²) in [5.41, 5.74) is 2.96. The monoisotopic (exact) mass is 533 g/mol. The number of aryl methyl sites for hydroxylation is 2. The van der Waals surface area contributed by atoms with Crippen molar-refractivity contribution < 1.29 is 24.2 Å². The Morgan fingerprint density at radius 2 is 1.71 bits per heavy atom. The predicted octanol–water partition coefficient (Wildman–Crippen LogP) is 6.76. The molecule has 38 heavy (non-hydrogen) atoms. The van der Waals surface area contributed by atoms with E-state index in [9.17, 15) is 14.7 Å². The molecule has 198 valence electrons. The van der Waals surface area contributed by atoms with E-state index >= 15 is 0 Å². The second-order valence-corrected chi connectivity index (χ2v) is 10.9. The molecule has 0 saturated carbocycles. The smallest absolute Gasteiger partial charge is 0.295 e. The van der Waals surface area contributed by atoms with E-state index in [1.54, 1.807) is 12.1 Å². The van der Waals surface area contributed by atoms with Crippen molar-refractivity contribution >= 4 is 29.1 Å². The van der Waals surface area contributed by atoms with Gasteiger partial charge in [-0.05, 0) is 63.9 Å². The van der Waals surface area contributed by atoms with Crippen LogP contribution < -0.4 is 9.47 Å². The molecule has 4 rings (SSSR count). The van der Waals surface area contributed by atoms with Gasteiger partial charge in [-0.1, -0.05) is 59.6 Å². The molecular formula is C31H32ClNO5. The Balaban J connectivity index is 1.91. The zero-order valence-electron chi connectivity index (χ0n) is 22.5. The molecule has 1 aliphatic heterocycles. The minimum absolute atomic E-state index is 0.0187. The number of benzene rings is 3. The van der Waals surface area contributed by atoms with E-state index in [0.29, 0.717) is 16.3 Å². The van der Waals surface area contributed by atoms with Crippen LogP contribution in [0.3, 0.4) is 0 Å². The van der Waals surface area contributed by atoms with E-state index in [0.717, 1.165) is 16.7 Å². The third kappa shape index (κ3) is 5.41. The van der Waals surface area contributed by atoms with Gasteiger partial charge in [0.15, 0.2) is 0 Å². The maximum Gasteiger partial charge on any atom is 0.295 e. The summed E-state index contributed by atoms with van der Waals surface area (Å²) in [6, 6.07) is 17.6. The molecule has 1 atom stereocenters. The first-order valence-corrected chi connectivity index (χ1v) is 12.8. The van der Waals surface area contributed by atoms with Crippen molar-refractivity contribution in [3.05, 3.63) is 99.1 Å². The first-order chi connectivity index (χ1) is 17.9. The summed E-state index contributed by atoms with van der Waals surface area (Å²) < 4.78 is 11.6. The van der Waals surface area contributed by atoms with E-state index in [1.165, 1.54) is 12.0 Å². The number of aliphatic hydroxyl groups is 1. The van der Waals surface area contributed by atoms with Crippen LogP contribution in [0.2, 0.25) is 5.02 Å². The molecule has 1 N–H and O–H groups in total. The molecule has 6 nitrogen and oxygen atoms in total. The van der Waals surface area contributed by atoms with E-state index in [-0.39, 0.29) is 29.2 Å². The van der Waals surface area contributed by atoms with Crippen LogP contribution in [0.5, 0.6) is 11.5 Å². The largest absolute Gasteiger partial charge is 0.507 e.